The predicted octanol–water partition coefficient (Wildman–Crippen LogP) is 3.18. The Morgan fingerprint density at radius 1 is 1.19 bits per heavy atom. The van der Waals surface area contributed by atoms with Crippen molar-refractivity contribution in [2.75, 3.05) is 13.2 Å². The lowest BCUT2D eigenvalue weighted by molar-refractivity contribution is -0.137. The maximum absolute atomic E-state index is 14.0. The topological polar surface area (TPSA) is 59.0 Å². The third-order valence-corrected chi connectivity index (χ3v) is 4.85. The van der Waals surface area contributed by atoms with Gasteiger partial charge in [-0.3, -0.25) is 4.90 Å². The summed E-state index contributed by atoms with van der Waals surface area (Å²) in [6, 6.07) is 0.375. The molecule has 27 heavy (non-hydrogen) atoms. The number of hydrogen-bond donors (Lipinski definition) is 1. The number of morpholine rings is 1. The number of aliphatic hydroxyl groups is 1. The molecule has 2 bridgehead atoms. The highest BCUT2D eigenvalue weighted by atomic mass is 19.2. The molecule has 2 atom stereocenters. The number of benzene rings is 1. The van der Waals surface area contributed by atoms with Crippen molar-refractivity contribution in [1.82, 2.24) is 4.90 Å². The third kappa shape index (κ3) is 4.38. The minimum Gasteiger partial charge on any atom is -0.444 e. The van der Waals surface area contributed by atoms with Gasteiger partial charge in [-0.2, -0.15) is 0 Å². The van der Waals surface area contributed by atoms with Crippen LogP contribution in [0.5, 0.6) is 0 Å². The molecule has 2 fully saturated rings. The van der Waals surface area contributed by atoms with Crippen molar-refractivity contribution in [1.29, 1.82) is 0 Å². The first-order chi connectivity index (χ1) is 12.5. The Morgan fingerprint density at radius 2 is 1.74 bits per heavy atom. The van der Waals surface area contributed by atoms with Gasteiger partial charge in [0, 0.05) is 12.5 Å². The van der Waals surface area contributed by atoms with Crippen LogP contribution in [0.25, 0.3) is 0 Å². The number of piperidine rings is 1. The molecule has 0 aromatic heterocycles. The monoisotopic (exact) mass is 387 g/mol. The van der Waals surface area contributed by atoms with Gasteiger partial charge in [-0.25, -0.2) is 18.0 Å². The van der Waals surface area contributed by atoms with Crippen molar-refractivity contribution in [2.45, 2.75) is 63.3 Å². The number of carbonyl (C=O) groups excluding carboxylic acids is 1. The largest absolute Gasteiger partial charge is 0.444 e. The van der Waals surface area contributed by atoms with E-state index in [1.165, 1.54) is 0 Å². The van der Waals surface area contributed by atoms with Gasteiger partial charge in [-0.15, -0.1) is 0 Å². The summed E-state index contributed by atoms with van der Waals surface area (Å²) in [5.74, 6) is -3.34. The van der Waals surface area contributed by atoms with Crippen LogP contribution < -0.4 is 0 Å². The molecule has 1 N–H and O–H groups in total. The summed E-state index contributed by atoms with van der Waals surface area (Å²) in [4.78, 5) is 14.1. The molecule has 1 amide bonds. The Hall–Kier alpha value is -1.80. The molecule has 150 valence electrons. The summed E-state index contributed by atoms with van der Waals surface area (Å²) >= 11 is 0. The maximum Gasteiger partial charge on any atom is 0.410 e. The van der Waals surface area contributed by atoms with Crippen LogP contribution in [0.2, 0.25) is 0 Å². The van der Waals surface area contributed by atoms with Crippen LogP contribution in [0.1, 0.15) is 39.2 Å². The van der Waals surface area contributed by atoms with Crippen LogP contribution in [0.15, 0.2) is 12.1 Å². The second kappa shape index (κ2) is 6.98. The van der Waals surface area contributed by atoms with Gasteiger partial charge in [0.15, 0.2) is 11.6 Å². The molecule has 2 heterocycles. The standard InChI is InChI=1S/C19H24F3NO4/c1-18(2,3)27-17(24)23-12-7-19(25,8-13(23)10-26-9-12)6-11-4-15(21)16(22)5-14(11)20/h4-5,12-13,25H,6-10H2,1-3H3. The molecule has 2 unspecified atom stereocenters. The molecule has 5 nitrogen and oxygen atoms in total. The average molecular weight is 387 g/mol. The zero-order valence-corrected chi connectivity index (χ0v) is 15.6. The van der Waals surface area contributed by atoms with Crippen LogP contribution >= 0.6 is 0 Å². The summed E-state index contributed by atoms with van der Waals surface area (Å²) in [5, 5.41) is 11.0. The van der Waals surface area contributed by atoms with Gasteiger partial charge < -0.3 is 14.6 Å². The normalized spacial score (nSPS) is 28.2. The lowest BCUT2D eigenvalue weighted by atomic mass is 9.77. The molecule has 2 aliphatic heterocycles. The van der Waals surface area contributed by atoms with Crippen molar-refractivity contribution in [2.24, 2.45) is 0 Å². The summed E-state index contributed by atoms with van der Waals surface area (Å²) in [7, 11) is 0. The van der Waals surface area contributed by atoms with Crippen LogP contribution in [-0.4, -0.2) is 52.6 Å². The zero-order valence-electron chi connectivity index (χ0n) is 15.6. The first kappa shape index (κ1) is 19.9. The highest BCUT2D eigenvalue weighted by Crippen LogP contribution is 2.38. The van der Waals surface area contributed by atoms with E-state index in [1.54, 1.807) is 25.7 Å². The Kier molecular flexibility index (Phi) is 5.16. The fraction of sp³-hybridized carbons (Fsp3) is 0.632. The molecule has 2 saturated heterocycles. The number of amides is 1. The van der Waals surface area contributed by atoms with Gasteiger partial charge in [-0.1, -0.05) is 0 Å². The molecule has 0 aliphatic carbocycles. The van der Waals surface area contributed by atoms with Gasteiger partial charge in [0.2, 0.25) is 0 Å². The van der Waals surface area contributed by atoms with E-state index >= 15 is 0 Å². The van der Waals surface area contributed by atoms with Crippen molar-refractivity contribution in [3.8, 4) is 0 Å². The highest BCUT2D eigenvalue weighted by molar-refractivity contribution is 5.69. The van der Waals surface area contributed by atoms with Gasteiger partial charge in [0.1, 0.15) is 11.4 Å². The molecule has 0 saturated carbocycles. The van der Waals surface area contributed by atoms with Crippen molar-refractivity contribution >= 4 is 6.09 Å². The number of halogens is 3. The van der Waals surface area contributed by atoms with E-state index in [0.717, 1.165) is 6.07 Å². The van der Waals surface area contributed by atoms with Gasteiger partial charge in [0.05, 0.1) is 30.9 Å². The SMILES string of the molecule is CC(C)(C)OC(=O)N1C2COCC1CC(O)(Cc1cc(F)c(F)cc1F)C2. The number of hydrogen-bond acceptors (Lipinski definition) is 4. The van der Waals surface area contributed by atoms with Crippen molar-refractivity contribution in [3.05, 3.63) is 35.1 Å². The van der Waals surface area contributed by atoms with Crippen LogP contribution in [-0.2, 0) is 15.9 Å². The molecule has 2 aliphatic rings. The Morgan fingerprint density at radius 3 is 2.30 bits per heavy atom. The van der Waals surface area contributed by atoms with Crippen LogP contribution in [0, 0.1) is 17.5 Å². The van der Waals surface area contributed by atoms with Crippen LogP contribution in [0.4, 0.5) is 18.0 Å². The molecule has 0 spiro atoms. The van der Waals surface area contributed by atoms with E-state index in [9.17, 15) is 23.1 Å². The molecule has 8 heteroatoms. The Balaban J connectivity index is 1.79. The first-order valence-electron chi connectivity index (χ1n) is 8.92. The maximum atomic E-state index is 14.0. The Bertz CT molecular complexity index is 720. The molecule has 1 aromatic carbocycles. The number of ether oxygens (including phenoxy) is 2. The third-order valence-electron chi connectivity index (χ3n) is 4.85. The zero-order chi connectivity index (χ0) is 20.0. The summed E-state index contributed by atoms with van der Waals surface area (Å²) in [6.07, 6.45) is -0.407. The summed E-state index contributed by atoms with van der Waals surface area (Å²) in [5.41, 5.74) is -2.11. The van der Waals surface area contributed by atoms with Crippen molar-refractivity contribution < 1.29 is 32.5 Å². The second-order valence-corrected chi connectivity index (χ2v) is 8.40. The van der Waals surface area contributed by atoms with E-state index < -0.39 is 46.8 Å². The van der Waals surface area contributed by atoms with E-state index in [0.29, 0.717) is 6.07 Å². The van der Waals surface area contributed by atoms with Crippen molar-refractivity contribution in [3.63, 3.8) is 0 Å². The van der Waals surface area contributed by atoms with Gasteiger partial charge in [-0.05, 0) is 45.2 Å². The highest BCUT2D eigenvalue weighted by Gasteiger charge is 2.49. The van der Waals surface area contributed by atoms with Crippen LogP contribution in [0.3, 0.4) is 0 Å². The minimum atomic E-state index is -1.36. The number of fused-ring (bicyclic) bond motifs is 2. The minimum absolute atomic E-state index is 0.0962. The second-order valence-electron chi connectivity index (χ2n) is 8.40. The van der Waals surface area contributed by atoms with E-state index in [2.05, 4.69) is 0 Å². The molecular weight excluding hydrogens is 363 g/mol. The average Bonchev–Trinajstić information content (AvgIpc) is 2.49. The lowest BCUT2D eigenvalue weighted by Crippen LogP contribution is -2.64. The van der Waals surface area contributed by atoms with E-state index in [-0.39, 0.29) is 38.0 Å². The van der Waals surface area contributed by atoms with E-state index in [1.807, 2.05) is 0 Å². The number of rotatable bonds is 2. The molecule has 0 radical (unpaired) electrons. The number of carbonyl (C=O) groups is 1. The molecular formula is C19H24F3NO4. The number of nitrogens with zero attached hydrogens (tertiary/aromatic N) is 1. The fourth-order valence-electron chi connectivity index (χ4n) is 3.88. The quantitative estimate of drug-likeness (QED) is 0.792. The molecule has 3 rings (SSSR count). The fourth-order valence-corrected chi connectivity index (χ4v) is 3.88. The van der Waals surface area contributed by atoms with E-state index in [4.69, 9.17) is 9.47 Å². The first-order valence-corrected chi connectivity index (χ1v) is 8.92. The van der Waals surface area contributed by atoms with Gasteiger partial charge in [0.25, 0.3) is 0 Å². The summed E-state index contributed by atoms with van der Waals surface area (Å²) < 4.78 is 51.6. The molecule has 1 aromatic rings. The summed E-state index contributed by atoms with van der Waals surface area (Å²) in [6.45, 7) is 5.74. The van der Waals surface area contributed by atoms with Gasteiger partial charge >= 0.3 is 6.09 Å². The Labute approximate surface area is 156 Å². The lowest BCUT2D eigenvalue weighted by Gasteiger charge is -2.51. The predicted molar refractivity (Wildman–Crippen MR) is 90.7 cm³/mol. The smallest absolute Gasteiger partial charge is 0.410 e.